The molecule has 3 heteroatoms. The molecule has 0 bridgehead atoms. The second kappa shape index (κ2) is 5.49. The minimum absolute atomic E-state index is 0.781. The smallest absolute Gasteiger partial charge is 0.119 e. The second-order valence-electron chi connectivity index (χ2n) is 2.30. The van der Waals surface area contributed by atoms with Crippen molar-refractivity contribution in [1.82, 2.24) is 0 Å². The number of rotatable bonds is 4. The van der Waals surface area contributed by atoms with E-state index in [4.69, 9.17) is 4.74 Å². The van der Waals surface area contributed by atoms with Gasteiger partial charge in [0.15, 0.2) is 0 Å². The third-order valence-electron chi connectivity index (χ3n) is 1.37. The molecule has 0 amide bonds. The van der Waals surface area contributed by atoms with Crippen LogP contribution in [-0.2, 0) is 0 Å². The summed E-state index contributed by atoms with van der Waals surface area (Å²) >= 11 is 5.16. The molecule has 0 aliphatic heterocycles. The molecule has 0 aromatic heterocycles. The Hall–Kier alpha value is -0.150. The van der Waals surface area contributed by atoms with Gasteiger partial charge in [-0.05, 0) is 30.5 Å². The van der Waals surface area contributed by atoms with E-state index < -0.39 is 0 Å². The minimum atomic E-state index is 0.781. The van der Waals surface area contributed by atoms with Gasteiger partial charge in [-0.1, -0.05) is 15.9 Å². The third-order valence-corrected chi connectivity index (χ3v) is 2.47. The maximum absolute atomic E-state index is 5.46. The van der Waals surface area contributed by atoms with Gasteiger partial charge in [0.05, 0.1) is 6.61 Å². The normalized spacial score (nSPS) is 9.83. The maximum Gasteiger partial charge on any atom is 0.119 e. The highest BCUT2D eigenvalue weighted by Gasteiger charge is 1.91. The zero-order valence-electron chi connectivity index (χ0n) is 6.92. The number of halogens is 1. The van der Waals surface area contributed by atoms with Gasteiger partial charge in [0.25, 0.3) is 0 Å². The lowest BCUT2D eigenvalue weighted by Gasteiger charge is -2.03. The van der Waals surface area contributed by atoms with Crippen molar-refractivity contribution in [2.75, 3.05) is 18.6 Å². The maximum atomic E-state index is 5.46. The van der Waals surface area contributed by atoms with Gasteiger partial charge in [-0.25, -0.2) is 0 Å². The first-order chi connectivity index (χ1) is 5.83. The number of hydrogen-bond donors (Lipinski definition) is 0. The first kappa shape index (κ1) is 9.93. The molecule has 0 spiro atoms. The fourth-order valence-corrected chi connectivity index (χ4v) is 1.29. The molecule has 1 nitrogen and oxygen atoms in total. The van der Waals surface area contributed by atoms with Gasteiger partial charge >= 0.3 is 0 Å². The molecule has 12 heavy (non-hydrogen) atoms. The molecule has 0 N–H and O–H groups in total. The van der Waals surface area contributed by atoms with Gasteiger partial charge in [-0.2, -0.15) is 11.8 Å². The largest absolute Gasteiger partial charge is 0.493 e. The number of hydrogen-bond acceptors (Lipinski definition) is 2. The third kappa shape index (κ3) is 3.50. The first-order valence-corrected chi connectivity index (χ1v) is 5.89. The van der Waals surface area contributed by atoms with Gasteiger partial charge in [0, 0.05) is 10.2 Å². The molecule has 1 aromatic carbocycles. The van der Waals surface area contributed by atoms with E-state index in [1.54, 1.807) is 11.8 Å². The Bertz CT molecular complexity index is 222. The van der Waals surface area contributed by atoms with Gasteiger partial charge in [-0.3, -0.25) is 0 Å². The predicted molar refractivity (Wildman–Crippen MR) is 58.0 cm³/mol. The van der Waals surface area contributed by atoms with Crippen LogP contribution in [0, 0.1) is 0 Å². The fourth-order valence-electron chi connectivity index (χ4n) is 0.774. The summed E-state index contributed by atoms with van der Waals surface area (Å²) in [5, 5.41) is 0. The Balaban J connectivity index is 2.37. The van der Waals surface area contributed by atoms with Crippen molar-refractivity contribution in [3.05, 3.63) is 28.7 Å². The molecule has 0 heterocycles. The van der Waals surface area contributed by atoms with Crippen LogP contribution in [0.4, 0.5) is 0 Å². The summed E-state index contributed by atoms with van der Waals surface area (Å²) in [6, 6.07) is 7.89. The summed E-state index contributed by atoms with van der Waals surface area (Å²) in [6.45, 7) is 0.781. The van der Waals surface area contributed by atoms with E-state index in [1.807, 2.05) is 24.3 Å². The molecule has 0 radical (unpaired) electrons. The standard InChI is InChI=1S/C9H11BrOS/c1-12-7-6-11-9-4-2-8(10)3-5-9/h2-5H,6-7H2,1H3. The van der Waals surface area contributed by atoms with Crippen molar-refractivity contribution >= 4 is 27.7 Å². The van der Waals surface area contributed by atoms with Gasteiger partial charge in [-0.15, -0.1) is 0 Å². The van der Waals surface area contributed by atoms with E-state index in [9.17, 15) is 0 Å². The highest BCUT2D eigenvalue weighted by molar-refractivity contribution is 9.10. The summed E-state index contributed by atoms with van der Waals surface area (Å²) in [6.07, 6.45) is 2.07. The van der Waals surface area contributed by atoms with Crippen LogP contribution in [0.1, 0.15) is 0 Å². The van der Waals surface area contributed by atoms with Gasteiger partial charge in [0.1, 0.15) is 5.75 Å². The van der Waals surface area contributed by atoms with Crippen molar-refractivity contribution in [2.45, 2.75) is 0 Å². The van der Waals surface area contributed by atoms with E-state index in [2.05, 4.69) is 22.2 Å². The van der Waals surface area contributed by atoms with Crippen LogP contribution in [0.2, 0.25) is 0 Å². The average Bonchev–Trinajstić information content (AvgIpc) is 2.09. The summed E-state index contributed by atoms with van der Waals surface area (Å²) < 4.78 is 6.54. The molecule has 0 fully saturated rings. The quantitative estimate of drug-likeness (QED) is 0.755. The topological polar surface area (TPSA) is 9.23 Å². The van der Waals surface area contributed by atoms with E-state index >= 15 is 0 Å². The first-order valence-electron chi connectivity index (χ1n) is 3.70. The van der Waals surface area contributed by atoms with E-state index in [0.29, 0.717) is 0 Å². The van der Waals surface area contributed by atoms with E-state index in [-0.39, 0.29) is 0 Å². The molecule has 0 aliphatic carbocycles. The lowest BCUT2D eigenvalue weighted by atomic mass is 10.3. The van der Waals surface area contributed by atoms with Crippen molar-refractivity contribution in [3.63, 3.8) is 0 Å². The van der Waals surface area contributed by atoms with Crippen molar-refractivity contribution < 1.29 is 4.74 Å². The minimum Gasteiger partial charge on any atom is -0.493 e. The van der Waals surface area contributed by atoms with Crippen LogP contribution in [0.5, 0.6) is 5.75 Å². The summed E-state index contributed by atoms with van der Waals surface area (Å²) in [4.78, 5) is 0. The lowest BCUT2D eigenvalue weighted by molar-refractivity contribution is 0.344. The zero-order valence-corrected chi connectivity index (χ0v) is 9.32. The Morgan fingerprint density at radius 2 is 2.00 bits per heavy atom. The van der Waals surface area contributed by atoms with Crippen LogP contribution in [0.25, 0.3) is 0 Å². The molecule has 0 atom stereocenters. The van der Waals surface area contributed by atoms with Crippen LogP contribution in [0.15, 0.2) is 28.7 Å². The molecule has 0 aliphatic rings. The molecule has 1 aromatic rings. The summed E-state index contributed by atoms with van der Waals surface area (Å²) in [5.74, 6) is 1.98. The van der Waals surface area contributed by atoms with E-state index in [1.165, 1.54) is 0 Å². The van der Waals surface area contributed by atoms with Crippen LogP contribution in [0.3, 0.4) is 0 Å². The van der Waals surface area contributed by atoms with Gasteiger partial charge in [0.2, 0.25) is 0 Å². The molecule has 66 valence electrons. The van der Waals surface area contributed by atoms with Crippen molar-refractivity contribution in [2.24, 2.45) is 0 Å². The number of benzene rings is 1. The molecule has 0 saturated heterocycles. The summed E-state index contributed by atoms with van der Waals surface area (Å²) in [5.41, 5.74) is 0. The Morgan fingerprint density at radius 1 is 1.33 bits per heavy atom. The van der Waals surface area contributed by atoms with E-state index in [0.717, 1.165) is 22.6 Å². The Labute approximate surface area is 85.6 Å². The summed E-state index contributed by atoms with van der Waals surface area (Å²) in [7, 11) is 0. The van der Waals surface area contributed by atoms with Crippen LogP contribution < -0.4 is 4.74 Å². The zero-order chi connectivity index (χ0) is 8.81. The molecule has 1 rings (SSSR count). The fraction of sp³-hybridized carbons (Fsp3) is 0.333. The van der Waals surface area contributed by atoms with Crippen LogP contribution >= 0.6 is 27.7 Å². The highest BCUT2D eigenvalue weighted by atomic mass is 79.9. The van der Waals surface area contributed by atoms with Crippen LogP contribution in [-0.4, -0.2) is 18.6 Å². The van der Waals surface area contributed by atoms with Gasteiger partial charge < -0.3 is 4.74 Å². The highest BCUT2D eigenvalue weighted by Crippen LogP contribution is 2.15. The predicted octanol–water partition coefficient (Wildman–Crippen LogP) is 3.19. The van der Waals surface area contributed by atoms with Crippen molar-refractivity contribution in [3.8, 4) is 5.75 Å². The molecule has 0 saturated carbocycles. The van der Waals surface area contributed by atoms with Crippen molar-refractivity contribution in [1.29, 1.82) is 0 Å². The number of thioether (sulfide) groups is 1. The molecular formula is C9H11BrOS. The average molecular weight is 247 g/mol. The Morgan fingerprint density at radius 3 is 2.58 bits per heavy atom. The SMILES string of the molecule is CSCCOc1ccc(Br)cc1. The lowest BCUT2D eigenvalue weighted by Crippen LogP contribution is -1.98. The monoisotopic (exact) mass is 246 g/mol. The Kier molecular flexibility index (Phi) is 4.54. The second-order valence-corrected chi connectivity index (χ2v) is 4.20. The molecular weight excluding hydrogens is 236 g/mol. The number of ether oxygens (including phenoxy) is 1. The molecule has 0 unspecified atom stereocenters.